The number of amides is 2. The molecule has 1 aliphatic heterocycles. The molecule has 5 rings (SSSR count). The van der Waals surface area contributed by atoms with Gasteiger partial charge in [0.1, 0.15) is 12.7 Å². The summed E-state index contributed by atoms with van der Waals surface area (Å²) in [5.74, 6) is -2.14. The van der Waals surface area contributed by atoms with Gasteiger partial charge in [0.25, 0.3) is 0 Å². The summed E-state index contributed by atoms with van der Waals surface area (Å²) in [6.07, 6.45) is -1.72. The van der Waals surface area contributed by atoms with Crippen molar-refractivity contribution in [1.29, 1.82) is 0 Å². The molecule has 0 bridgehead atoms. The number of carboxylic acid groups (broad SMARTS) is 1. The Kier molecular flexibility index (Phi) is 8.96. The fraction of sp³-hybridized carbons (Fsp3) is 0.344. The molecule has 2 amide bonds. The number of carboxylic acids is 1. The summed E-state index contributed by atoms with van der Waals surface area (Å²) in [6, 6.07) is 24.3. The molecule has 1 fully saturated rings. The maximum atomic E-state index is 13.0. The number of carbonyl (C=O) groups excluding carboxylic acids is 2. The first-order chi connectivity index (χ1) is 19.9. The quantitative estimate of drug-likeness (QED) is 0.324. The average molecular weight is 559 g/mol. The number of hydrogen-bond donors (Lipinski definition) is 3. The molecule has 3 aromatic rings. The van der Waals surface area contributed by atoms with E-state index < -0.39 is 36.2 Å². The second kappa shape index (κ2) is 13.0. The second-order valence-electron chi connectivity index (χ2n) is 10.4. The molecule has 4 atom stereocenters. The molecule has 214 valence electrons. The van der Waals surface area contributed by atoms with E-state index in [1.54, 1.807) is 6.92 Å². The van der Waals surface area contributed by atoms with Gasteiger partial charge < -0.3 is 30.0 Å². The van der Waals surface area contributed by atoms with Crippen molar-refractivity contribution in [2.24, 2.45) is 5.92 Å². The SMILES string of the molecule is C[C@H](OCc1ccccc1)[C@@H](NC(=O)C1OCCC1CNC(=O)OCC1c2ccccc2-c2ccccc21)C(=O)O. The Morgan fingerprint density at radius 1 is 0.951 bits per heavy atom. The normalized spacial score (nSPS) is 19.0. The predicted molar refractivity (Wildman–Crippen MR) is 151 cm³/mol. The molecular weight excluding hydrogens is 524 g/mol. The number of fused-ring (bicyclic) bond motifs is 3. The number of nitrogens with one attached hydrogen (secondary N) is 2. The molecule has 41 heavy (non-hydrogen) atoms. The van der Waals surface area contributed by atoms with Crippen molar-refractivity contribution in [1.82, 2.24) is 10.6 Å². The van der Waals surface area contributed by atoms with Crippen molar-refractivity contribution in [3.05, 3.63) is 95.6 Å². The maximum absolute atomic E-state index is 13.0. The Labute approximate surface area is 238 Å². The Morgan fingerprint density at radius 2 is 1.59 bits per heavy atom. The molecular formula is C32H34N2O7. The molecule has 2 aliphatic rings. The zero-order valence-corrected chi connectivity index (χ0v) is 22.8. The standard InChI is InChI=1S/C32H34N2O7/c1-20(40-18-21-9-3-2-4-10-21)28(31(36)37)34-30(35)29-22(15-16-39-29)17-33-32(38)41-19-27-25-13-7-5-11-23(25)24-12-6-8-14-26(24)27/h2-14,20,22,27-29H,15-19H2,1H3,(H,33,38)(H,34,35)(H,36,37)/t20-,22?,28+,29?/m0/s1. The third-order valence-electron chi connectivity index (χ3n) is 7.71. The Balaban J connectivity index is 1.12. The van der Waals surface area contributed by atoms with Crippen LogP contribution in [0.2, 0.25) is 0 Å². The van der Waals surface area contributed by atoms with Crippen LogP contribution in [0.4, 0.5) is 4.79 Å². The van der Waals surface area contributed by atoms with Crippen LogP contribution in [0, 0.1) is 5.92 Å². The average Bonchev–Trinajstić information content (AvgIpc) is 3.59. The fourth-order valence-corrected chi connectivity index (χ4v) is 5.51. The minimum atomic E-state index is -1.26. The van der Waals surface area contributed by atoms with E-state index in [-0.39, 0.29) is 31.6 Å². The number of alkyl carbamates (subject to hydrolysis) is 1. The lowest BCUT2D eigenvalue weighted by Gasteiger charge is -2.25. The minimum absolute atomic E-state index is 0.0551. The van der Waals surface area contributed by atoms with E-state index >= 15 is 0 Å². The zero-order valence-electron chi connectivity index (χ0n) is 22.8. The van der Waals surface area contributed by atoms with Crippen LogP contribution in [0.15, 0.2) is 78.9 Å². The molecule has 0 spiro atoms. The van der Waals surface area contributed by atoms with Crippen LogP contribution in [0.3, 0.4) is 0 Å². The summed E-state index contributed by atoms with van der Waals surface area (Å²) in [5, 5.41) is 15.1. The monoisotopic (exact) mass is 558 g/mol. The maximum Gasteiger partial charge on any atom is 0.407 e. The van der Waals surface area contributed by atoms with Crippen LogP contribution in [0.5, 0.6) is 0 Å². The highest BCUT2D eigenvalue weighted by atomic mass is 16.5. The number of carbonyl (C=O) groups is 3. The summed E-state index contributed by atoms with van der Waals surface area (Å²) < 4.78 is 17.0. The molecule has 3 aromatic carbocycles. The fourth-order valence-electron chi connectivity index (χ4n) is 5.51. The number of rotatable bonds is 11. The van der Waals surface area contributed by atoms with Gasteiger partial charge in [0.15, 0.2) is 6.04 Å². The van der Waals surface area contributed by atoms with E-state index in [4.69, 9.17) is 14.2 Å². The predicted octanol–water partition coefficient (Wildman–Crippen LogP) is 4.10. The van der Waals surface area contributed by atoms with Crippen molar-refractivity contribution in [3.63, 3.8) is 0 Å². The zero-order chi connectivity index (χ0) is 28.8. The van der Waals surface area contributed by atoms with Gasteiger partial charge in [0.05, 0.1) is 12.7 Å². The van der Waals surface area contributed by atoms with E-state index in [1.807, 2.05) is 54.6 Å². The van der Waals surface area contributed by atoms with E-state index in [0.29, 0.717) is 13.0 Å². The first kappa shape index (κ1) is 28.3. The van der Waals surface area contributed by atoms with Gasteiger partial charge >= 0.3 is 12.1 Å². The summed E-state index contributed by atoms with van der Waals surface area (Å²) in [4.78, 5) is 37.6. The van der Waals surface area contributed by atoms with Crippen molar-refractivity contribution >= 4 is 18.0 Å². The molecule has 0 radical (unpaired) electrons. The summed E-state index contributed by atoms with van der Waals surface area (Å²) in [5.41, 5.74) is 5.44. The van der Waals surface area contributed by atoms with Gasteiger partial charge in [0.2, 0.25) is 5.91 Å². The number of ether oxygens (including phenoxy) is 3. The highest BCUT2D eigenvalue weighted by Gasteiger charge is 2.38. The second-order valence-corrected chi connectivity index (χ2v) is 10.4. The van der Waals surface area contributed by atoms with Gasteiger partial charge in [-0.3, -0.25) is 4.79 Å². The summed E-state index contributed by atoms with van der Waals surface area (Å²) in [7, 11) is 0. The van der Waals surface area contributed by atoms with Crippen LogP contribution in [0.25, 0.3) is 11.1 Å². The molecule has 3 N–H and O–H groups in total. The van der Waals surface area contributed by atoms with E-state index in [1.165, 1.54) is 0 Å². The van der Waals surface area contributed by atoms with Crippen LogP contribution < -0.4 is 10.6 Å². The summed E-state index contributed by atoms with van der Waals surface area (Å²) in [6.45, 7) is 2.49. The third kappa shape index (κ3) is 6.58. The van der Waals surface area contributed by atoms with Gasteiger partial charge in [-0.15, -0.1) is 0 Å². The Morgan fingerprint density at radius 3 is 2.24 bits per heavy atom. The Hall–Kier alpha value is -4.21. The molecule has 0 aromatic heterocycles. The van der Waals surface area contributed by atoms with E-state index in [0.717, 1.165) is 27.8 Å². The lowest BCUT2D eigenvalue weighted by atomic mass is 9.98. The first-order valence-electron chi connectivity index (χ1n) is 13.8. The number of aliphatic carboxylic acids is 1. The van der Waals surface area contributed by atoms with Crippen LogP contribution in [-0.2, 0) is 30.4 Å². The molecule has 1 aliphatic carbocycles. The molecule has 2 unspecified atom stereocenters. The van der Waals surface area contributed by atoms with Crippen molar-refractivity contribution in [2.45, 2.75) is 44.1 Å². The largest absolute Gasteiger partial charge is 0.480 e. The van der Waals surface area contributed by atoms with Gasteiger partial charge in [-0.2, -0.15) is 0 Å². The van der Waals surface area contributed by atoms with Crippen LogP contribution in [0.1, 0.15) is 36.0 Å². The topological polar surface area (TPSA) is 123 Å². The molecule has 1 saturated heterocycles. The van der Waals surface area contributed by atoms with Gasteiger partial charge in [-0.05, 0) is 41.2 Å². The first-order valence-corrected chi connectivity index (χ1v) is 13.8. The smallest absolute Gasteiger partial charge is 0.407 e. The molecule has 0 saturated carbocycles. The minimum Gasteiger partial charge on any atom is -0.480 e. The lowest BCUT2D eigenvalue weighted by Crippen LogP contribution is -2.53. The van der Waals surface area contributed by atoms with Gasteiger partial charge in [-0.25, -0.2) is 9.59 Å². The Bertz CT molecular complexity index is 1330. The molecule has 9 heteroatoms. The van der Waals surface area contributed by atoms with Crippen molar-refractivity contribution in [2.75, 3.05) is 19.8 Å². The molecule has 1 heterocycles. The van der Waals surface area contributed by atoms with E-state index in [9.17, 15) is 19.5 Å². The van der Waals surface area contributed by atoms with Gasteiger partial charge in [0, 0.05) is 25.0 Å². The third-order valence-corrected chi connectivity index (χ3v) is 7.71. The van der Waals surface area contributed by atoms with Crippen LogP contribution >= 0.6 is 0 Å². The van der Waals surface area contributed by atoms with Crippen molar-refractivity contribution < 1.29 is 33.7 Å². The number of hydrogen-bond acceptors (Lipinski definition) is 6. The van der Waals surface area contributed by atoms with Crippen LogP contribution in [-0.4, -0.2) is 61.1 Å². The molecule has 9 nitrogen and oxygen atoms in total. The van der Waals surface area contributed by atoms with Gasteiger partial charge in [-0.1, -0.05) is 78.9 Å². The lowest BCUT2D eigenvalue weighted by molar-refractivity contribution is -0.148. The summed E-state index contributed by atoms with van der Waals surface area (Å²) >= 11 is 0. The highest BCUT2D eigenvalue weighted by Crippen LogP contribution is 2.44. The van der Waals surface area contributed by atoms with E-state index in [2.05, 4.69) is 34.9 Å². The highest BCUT2D eigenvalue weighted by molar-refractivity contribution is 5.87. The van der Waals surface area contributed by atoms with Crippen molar-refractivity contribution in [3.8, 4) is 11.1 Å². The number of benzene rings is 3.